The van der Waals surface area contributed by atoms with Crippen LogP contribution < -0.4 is 5.32 Å². The Bertz CT molecular complexity index is 1220. The number of carbonyl (C=O) groups is 2. The maximum atomic E-state index is 12.8. The molecule has 2 amide bonds. The topological polar surface area (TPSA) is 62.3 Å². The summed E-state index contributed by atoms with van der Waals surface area (Å²) in [6.45, 7) is 1.12. The van der Waals surface area contributed by atoms with E-state index in [2.05, 4.69) is 28.5 Å². The van der Waals surface area contributed by atoms with Crippen molar-refractivity contribution in [2.24, 2.45) is 5.92 Å². The van der Waals surface area contributed by atoms with Crippen LogP contribution in [0.4, 0.5) is 5.69 Å². The van der Waals surface area contributed by atoms with Gasteiger partial charge >= 0.3 is 0 Å². The van der Waals surface area contributed by atoms with Gasteiger partial charge in [0.05, 0.1) is 16.1 Å². The van der Waals surface area contributed by atoms with E-state index in [1.54, 1.807) is 16.2 Å². The van der Waals surface area contributed by atoms with Crippen molar-refractivity contribution in [1.82, 2.24) is 9.88 Å². The molecule has 160 valence electrons. The Hall–Kier alpha value is -3.51. The SMILES string of the molecule is O=C(Nc1ccc(-c2nc3ccccc3s2)cc1)C1CC(=O)N(CCc2ccccc2)C1. The molecule has 1 N–H and O–H groups in total. The van der Waals surface area contributed by atoms with Crippen LogP contribution in [0.2, 0.25) is 0 Å². The lowest BCUT2D eigenvalue weighted by Gasteiger charge is -2.16. The first kappa shape index (κ1) is 20.4. The molecule has 0 aliphatic carbocycles. The minimum Gasteiger partial charge on any atom is -0.342 e. The smallest absolute Gasteiger partial charge is 0.229 e. The van der Waals surface area contributed by atoms with Crippen LogP contribution in [0.15, 0.2) is 78.9 Å². The largest absolute Gasteiger partial charge is 0.342 e. The fraction of sp³-hybridized carbons (Fsp3) is 0.192. The van der Waals surface area contributed by atoms with Crippen molar-refractivity contribution in [1.29, 1.82) is 0 Å². The van der Waals surface area contributed by atoms with Gasteiger partial charge in [0.15, 0.2) is 0 Å². The molecule has 0 bridgehead atoms. The van der Waals surface area contributed by atoms with Crippen LogP contribution in [-0.2, 0) is 16.0 Å². The molecule has 5 nitrogen and oxygen atoms in total. The second-order valence-corrected chi connectivity index (χ2v) is 9.06. The summed E-state index contributed by atoms with van der Waals surface area (Å²) in [5.74, 6) is -0.372. The number of likely N-dealkylation sites (tertiary alicyclic amines) is 1. The van der Waals surface area contributed by atoms with E-state index in [4.69, 9.17) is 0 Å². The van der Waals surface area contributed by atoms with Crippen LogP contribution in [-0.4, -0.2) is 34.8 Å². The molecule has 4 aromatic rings. The van der Waals surface area contributed by atoms with E-state index < -0.39 is 0 Å². The molecule has 1 atom stereocenters. The highest BCUT2D eigenvalue weighted by Crippen LogP contribution is 2.30. The van der Waals surface area contributed by atoms with Crippen LogP contribution >= 0.6 is 11.3 Å². The third kappa shape index (κ3) is 4.41. The number of fused-ring (bicyclic) bond motifs is 1. The fourth-order valence-corrected chi connectivity index (χ4v) is 4.98. The molecule has 2 heterocycles. The Morgan fingerprint density at radius 1 is 1.00 bits per heavy atom. The monoisotopic (exact) mass is 441 g/mol. The summed E-state index contributed by atoms with van der Waals surface area (Å²) in [5.41, 5.74) is 3.94. The zero-order valence-corrected chi connectivity index (χ0v) is 18.3. The average molecular weight is 442 g/mol. The number of para-hydroxylation sites is 1. The van der Waals surface area contributed by atoms with Gasteiger partial charge in [0.2, 0.25) is 11.8 Å². The number of amides is 2. The number of aromatic nitrogens is 1. The minimum atomic E-state index is -0.317. The molecule has 0 spiro atoms. The number of benzene rings is 3. The first-order valence-corrected chi connectivity index (χ1v) is 11.6. The van der Waals surface area contributed by atoms with Crippen molar-refractivity contribution in [2.75, 3.05) is 18.4 Å². The fourth-order valence-electron chi connectivity index (χ4n) is 4.01. The van der Waals surface area contributed by atoms with Crippen LogP contribution in [0.25, 0.3) is 20.8 Å². The lowest BCUT2D eigenvalue weighted by molar-refractivity contribution is -0.128. The summed E-state index contributed by atoms with van der Waals surface area (Å²) in [4.78, 5) is 31.6. The molecular formula is C26H23N3O2S. The van der Waals surface area contributed by atoms with E-state index in [1.165, 1.54) is 5.56 Å². The Kier molecular flexibility index (Phi) is 5.69. The normalized spacial score (nSPS) is 15.9. The summed E-state index contributed by atoms with van der Waals surface area (Å²) >= 11 is 1.65. The molecular weight excluding hydrogens is 418 g/mol. The van der Waals surface area contributed by atoms with Crippen molar-refractivity contribution >= 4 is 39.1 Å². The highest BCUT2D eigenvalue weighted by molar-refractivity contribution is 7.21. The van der Waals surface area contributed by atoms with Gasteiger partial charge in [-0.05, 0) is 48.4 Å². The second-order valence-electron chi connectivity index (χ2n) is 8.03. The van der Waals surface area contributed by atoms with E-state index in [1.807, 2.05) is 60.7 Å². The van der Waals surface area contributed by atoms with Gasteiger partial charge in [0, 0.05) is 30.8 Å². The van der Waals surface area contributed by atoms with Gasteiger partial charge in [-0.3, -0.25) is 9.59 Å². The highest BCUT2D eigenvalue weighted by Gasteiger charge is 2.34. The molecule has 0 radical (unpaired) electrons. The van der Waals surface area contributed by atoms with Gasteiger partial charge < -0.3 is 10.2 Å². The van der Waals surface area contributed by atoms with Gasteiger partial charge in [-0.25, -0.2) is 4.98 Å². The molecule has 6 heteroatoms. The number of anilines is 1. The summed E-state index contributed by atoms with van der Waals surface area (Å²) in [5, 5.41) is 3.93. The summed E-state index contributed by atoms with van der Waals surface area (Å²) in [7, 11) is 0. The zero-order valence-electron chi connectivity index (χ0n) is 17.5. The van der Waals surface area contributed by atoms with Crippen molar-refractivity contribution in [3.05, 3.63) is 84.4 Å². The van der Waals surface area contributed by atoms with E-state index >= 15 is 0 Å². The van der Waals surface area contributed by atoms with E-state index in [0.717, 1.165) is 32.9 Å². The number of carbonyl (C=O) groups excluding carboxylic acids is 2. The van der Waals surface area contributed by atoms with Gasteiger partial charge in [-0.15, -0.1) is 11.3 Å². The molecule has 1 aliphatic heterocycles. The predicted molar refractivity (Wildman–Crippen MR) is 129 cm³/mol. The molecule has 5 rings (SSSR count). The van der Waals surface area contributed by atoms with E-state index in [9.17, 15) is 9.59 Å². The van der Waals surface area contributed by atoms with Crippen molar-refractivity contribution in [3.63, 3.8) is 0 Å². The lowest BCUT2D eigenvalue weighted by Crippen LogP contribution is -2.30. The predicted octanol–water partition coefficient (Wildman–Crippen LogP) is 4.99. The molecule has 1 aliphatic rings. The van der Waals surface area contributed by atoms with Crippen LogP contribution in [0.5, 0.6) is 0 Å². The Balaban J connectivity index is 1.19. The van der Waals surface area contributed by atoms with Crippen molar-refractivity contribution in [2.45, 2.75) is 12.8 Å². The number of hydrogen-bond donors (Lipinski definition) is 1. The van der Waals surface area contributed by atoms with E-state index in [0.29, 0.717) is 13.1 Å². The second kappa shape index (κ2) is 8.93. The molecule has 1 aromatic heterocycles. The maximum Gasteiger partial charge on any atom is 0.229 e. The number of rotatable bonds is 6. The van der Waals surface area contributed by atoms with Gasteiger partial charge in [0.1, 0.15) is 5.01 Å². The van der Waals surface area contributed by atoms with Crippen LogP contribution in [0.3, 0.4) is 0 Å². The van der Waals surface area contributed by atoms with Crippen LogP contribution in [0, 0.1) is 5.92 Å². The number of nitrogens with one attached hydrogen (secondary N) is 1. The molecule has 1 unspecified atom stereocenters. The van der Waals surface area contributed by atoms with Crippen molar-refractivity contribution in [3.8, 4) is 10.6 Å². The van der Waals surface area contributed by atoms with Crippen molar-refractivity contribution < 1.29 is 9.59 Å². The maximum absolute atomic E-state index is 12.8. The first-order chi connectivity index (χ1) is 15.7. The minimum absolute atomic E-state index is 0.0484. The molecule has 32 heavy (non-hydrogen) atoms. The number of thiazole rings is 1. The molecule has 0 saturated carbocycles. The third-order valence-corrected chi connectivity index (χ3v) is 6.88. The highest BCUT2D eigenvalue weighted by atomic mass is 32.1. The average Bonchev–Trinajstić information content (AvgIpc) is 3.42. The van der Waals surface area contributed by atoms with Gasteiger partial charge in [-0.2, -0.15) is 0 Å². The van der Waals surface area contributed by atoms with Gasteiger partial charge in [-0.1, -0.05) is 42.5 Å². The Labute approximate surface area is 190 Å². The van der Waals surface area contributed by atoms with E-state index in [-0.39, 0.29) is 24.2 Å². The number of nitrogens with zero attached hydrogens (tertiary/aromatic N) is 2. The third-order valence-electron chi connectivity index (χ3n) is 5.79. The molecule has 1 saturated heterocycles. The molecule has 1 fully saturated rings. The first-order valence-electron chi connectivity index (χ1n) is 10.7. The van der Waals surface area contributed by atoms with Gasteiger partial charge in [0.25, 0.3) is 0 Å². The quantitative estimate of drug-likeness (QED) is 0.458. The molecule has 3 aromatic carbocycles. The zero-order chi connectivity index (χ0) is 21.9. The number of hydrogen-bond acceptors (Lipinski definition) is 4. The summed E-state index contributed by atoms with van der Waals surface area (Å²) in [6.07, 6.45) is 1.07. The Morgan fingerprint density at radius 2 is 1.75 bits per heavy atom. The Morgan fingerprint density at radius 3 is 2.53 bits per heavy atom. The summed E-state index contributed by atoms with van der Waals surface area (Å²) < 4.78 is 1.16. The van der Waals surface area contributed by atoms with Crippen LogP contribution in [0.1, 0.15) is 12.0 Å². The lowest BCUT2D eigenvalue weighted by atomic mass is 10.1. The summed E-state index contributed by atoms with van der Waals surface area (Å²) in [6, 6.07) is 25.9. The standard InChI is InChI=1S/C26H23N3O2S/c30-24-16-20(17-29(24)15-14-18-6-2-1-3-7-18)25(31)27-21-12-10-19(11-13-21)26-28-22-8-4-5-9-23(22)32-26/h1-13,20H,14-17H2,(H,27,31).